The van der Waals surface area contributed by atoms with Gasteiger partial charge in [0.25, 0.3) is 0 Å². The minimum Gasteiger partial charge on any atom is -0.396 e. The molecule has 3 fully saturated rings. The van der Waals surface area contributed by atoms with E-state index in [4.69, 9.17) is 14.2 Å². The SMILES string of the molecule is OC[C@H]1[C@@H]2O[C@@H]2[C@@H]2C[C@@H](OCc3ccccc3)[C@@H](OCc3ccccc3)[C@@H]21. The zero-order valence-electron chi connectivity index (χ0n) is 15.3. The summed E-state index contributed by atoms with van der Waals surface area (Å²) in [5.74, 6) is 0.933. The Morgan fingerprint density at radius 3 is 2.11 bits per heavy atom. The summed E-state index contributed by atoms with van der Waals surface area (Å²) in [5, 5.41) is 9.93. The van der Waals surface area contributed by atoms with Crippen LogP contribution in [0, 0.1) is 17.8 Å². The molecule has 4 heteroatoms. The van der Waals surface area contributed by atoms with Crippen molar-refractivity contribution in [2.75, 3.05) is 6.61 Å². The predicted molar refractivity (Wildman–Crippen MR) is 101 cm³/mol. The molecule has 2 aromatic rings. The third-order valence-corrected chi connectivity index (χ3v) is 6.45. The average Bonchev–Trinajstić information content (AvgIpc) is 3.33. The van der Waals surface area contributed by atoms with Crippen molar-refractivity contribution in [2.45, 2.75) is 44.1 Å². The molecule has 0 aromatic heterocycles. The van der Waals surface area contributed by atoms with Crippen LogP contribution in [0.4, 0.5) is 0 Å². The molecule has 0 radical (unpaired) electrons. The van der Waals surface area contributed by atoms with Gasteiger partial charge in [-0.2, -0.15) is 0 Å². The summed E-state index contributed by atoms with van der Waals surface area (Å²) < 4.78 is 18.6. The molecule has 1 aliphatic heterocycles. The molecular formula is C23H26O4. The number of epoxide rings is 1. The monoisotopic (exact) mass is 366 g/mol. The molecule has 0 spiro atoms. The van der Waals surface area contributed by atoms with Crippen LogP contribution in [0.2, 0.25) is 0 Å². The first-order valence-corrected chi connectivity index (χ1v) is 9.92. The second-order valence-electron chi connectivity index (χ2n) is 7.98. The molecule has 1 saturated heterocycles. The Morgan fingerprint density at radius 1 is 0.852 bits per heavy atom. The van der Waals surface area contributed by atoms with Gasteiger partial charge in [-0.3, -0.25) is 0 Å². The largest absolute Gasteiger partial charge is 0.396 e. The highest BCUT2D eigenvalue weighted by molar-refractivity contribution is 5.17. The van der Waals surface area contributed by atoms with Gasteiger partial charge in [-0.05, 0) is 23.5 Å². The van der Waals surface area contributed by atoms with Gasteiger partial charge in [0.2, 0.25) is 0 Å². The molecule has 1 heterocycles. The van der Waals surface area contributed by atoms with Gasteiger partial charge in [0.1, 0.15) is 0 Å². The summed E-state index contributed by atoms with van der Waals surface area (Å²) in [7, 11) is 0. The topological polar surface area (TPSA) is 51.2 Å². The van der Waals surface area contributed by atoms with E-state index < -0.39 is 0 Å². The van der Waals surface area contributed by atoms with E-state index in [1.165, 1.54) is 11.1 Å². The fourth-order valence-corrected chi connectivity index (χ4v) is 5.16. The Bertz CT molecular complexity index is 749. The van der Waals surface area contributed by atoms with E-state index in [1.807, 2.05) is 36.4 Å². The highest BCUT2D eigenvalue weighted by Gasteiger charge is 2.67. The lowest BCUT2D eigenvalue weighted by atomic mass is 9.89. The van der Waals surface area contributed by atoms with Gasteiger partial charge in [-0.15, -0.1) is 0 Å². The van der Waals surface area contributed by atoms with E-state index in [-0.39, 0.29) is 30.8 Å². The molecule has 2 aromatic carbocycles. The summed E-state index contributed by atoms with van der Waals surface area (Å²) >= 11 is 0. The van der Waals surface area contributed by atoms with Gasteiger partial charge in [0.15, 0.2) is 0 Å². The van der Waals surface area contributed by atoms with Gasteiger partial charge in [-0.1, -0.05) is 60.7 Å². The number of aliphatic hydroxyl groups is 1. The molecule has 0 bridgehead atoms. The summed E-state index contributed by atoms with van der Waals surface area (Å²) in [5.41, 5.74) is 2.35. The molecule has 1 N–H and O–H groups in total. The molecule has 4 nitrogen and oxygen atoms in total. The van der Waals surface area contributed by atoms with E-state index in [1.54, 1.807) is 0 Å². The van der Waals surface area contributed by atoms with Gasteiger partial charge < -0.3 is 19.3 Å². The van der Waals surface area contributed by atoms with Crippen LogP contribution in [0.25, 0.3) is 0 Å². The van der Waals surface area contributed by atoms with Gasteiger partial charge >= 0.3 is 0 Å². The van der Waals surface area contributed by atoms with Crippen LogP contribution >= 0.6 is 0 Å². The van der Waals surface area contributed by atoms with Crippen molar-refractivity contribution in [2.24, 2.45) is 17.8 Å². The third-order valence-electron chi connectivity index (χ3n) is 6.45. The highest BCUT2D eigenvalue weighted by Crippen LogP contribution is 2.58. The second kappa shape index (κ2) is 7.36. The molecule has 142 valence electrons. The first-order chi connectivity index (χ1) is 13.3. The van der Waals surface area contributed by atoms with Crippen LogP contribution in [-0.4, -0.2) is 36.1 Å². The average molecular weight is 366 g/mol. The number of hydrogen-bond acceptors (Lipinski definition) is 4. The van der Waals surface area contributed by atoms with E-state index in [2.05, 4.69) is 24.3 Å². The lowest BCUT2D eigenvalue weighted by Gasteiger charge is -2.29. The van der Waals surface area contributed by atoms with Crippen LogP contribution in [0.1, 0.15) is 17.5 Å². The lowest BCUT2D eigenvalue weighted by Crippen LogP contribution is -2.36. The fourth-order valence-electron chi connectivity index (χ4n) is 5.16. The zero-order chi connectivity index (χ0) is 18.2. The quantitative estimate of drug-likeness (QED) is 0.765. The van der Waals surface area contributed by atoms with Crippen molar-refractivity contribution in [3.05, 3.63) is 71.8 Å². The first-order valence-electron chi connectivity index (χ1n) is 9.92. The molecule has 2 aliphatic carbocycles. The maximum Gasteiger partial charge on any atom is 0.0898 e. The van der Waals surface area contributed by atoms with Crippen molar-refractivity contribution in [1.29, 1.82) is 0 Å². The standard InChI is InChI=1S/C23H26O4/c24-12-18-20-17(21-22(18)27-21)11-19(25-13-15-7-3-1-4-8-15)23(20)26-14-16-9-5-2-6-10-16/h1-10,17-24H,11-14H2/t17-,18-,19-,20+,21-,22+,23-/m1/s1. The Balaban J connectivity index is 1.31. The number of rotatable bonds is 7. The minimum atomic E-state index is 0.00692. The normalized spacial score (nSPS) is 36.4. The van der Waals surface area contributed by atoms with Gasteiger partial charge in [0, 0.05) is 18.4 Å². The van der Waals surface area contributed by atoms with E-state index in [0.717, 1.165) is 6.42 Å². The number of ether oxygens (including phenoxy) is 3. The Morgan fingerprint density at radius 2 is 1.48 bits per heavy atom. The zero-order valence-corrected chi connectivity index (χ0v) is 15.3. The van der Waals surface area contributed by atoms with Gasteiger partial charge in [0.05, 0.1) is 37.6 Å². The van der Waals surface area contributed by atoms with Crippen molar-refractivity contribution < 1.29 is 19.3 Å². The van der Waals surface area contributed by atoms with Crippen molar-refractivity contribution in [3.8, 4) is 0 Å². The predicted octanol–water partition coefficient (Wildman–Crippen LogP) is 3.18. The van der Waals surface area contributed by atoms with E-state index in [0.29, 0.717) is 31.2 Å². The smallest absolute Gasteiger partial charge is 0.0898 e. The van der Waals surface area contributed by atoms with Crippen LogP contribution in [0.3, 0.4) is 0 Å². The number of benzene rings is 2. The molecule has 2 saturated carbocycles. The maximum absolute atomic E-state index is 9.93. The fraction of sp³-hybridized carbons (Fsp3) is 0.478. The summed E-state index contributed by atoms with van der Waals surface area (Å²) in [4.78, 5) is 0. The van der Waals surface area contributed by atoms with Crippen molar-refractivity contribution >= 4 is 0 Å². The third kappa shape index (κ3) is 3.32. The van der Waals surface area contributed by atoms with Crippen molar-refractivity contribution in [3.63, 3.8) is 0 Å². The van der Waals surface area contributed by atoms with Crippen LogP contribution in [-0.2, 0) is 27.4 Å². The van der Waals surface area contributed by atoms with E-state index in [9.17, 15) is 5.11 Å². The number of hydrogen-bond donors (Lipinski definition) is 1. The molecule has 0 unspecified atom stereocenters. The van der Waals surface area contributed by atoms with Gasteiger partial charge in [-0.25, -0.2) is 0 Å². The molecule has 7 atom stereocenters. The molecule has 27 heavy (non-hydrogen) atoms. The van der Waals surface area contributed by atoms with Crippen LogP contribution in [0.5, 0.6) is 0 Å². The number of fused-ring (bicyclic) bond motifs is 3. The van der Waals surface area contributed by atoms with E-state index >= 15 is 0 Å². The lowest BCUT2D eigenvalue weighted by molar-refractivity contribution is -0.0972. The maximum atomic E-state index is 9.93. The Kier molecular flexibility index (Phi) is 4.74. The molecular weight excluding hydrogens is 340 g/mol. The number of aliphatic hydroxyl groups excluding tert-OH is 1. The highest BCUT2D eigenvalue weighted by atomic mass is 16.6. The van der Waals surface area contributed by atoms with Crippen molar-refractivity contribution in [1.82, 2.24) is 0 Å². The molecule has 3 aliphatic rings. The summed E-state index contributed by atoms with van der Waals surface area (Å²) in [6.07, 6.45) is 1.52. The first kappa shape index (κ1) is 17.4. The molecule has 5 rings (SSSR count). The summed E-state index contributed by atoms with van der Waals surface area (Å²) in [6.45, 7) is 1.34. The minimum absolute atomic E-state index is 0.00692. The molecule has 0 amide bonds. The Hall–Kier alpha value is -1.72. The van der Waals surface area contributed by atoms with Crippen LogP contribution < -0.4 is 0 Å². The summed E-state index contributed by atoms with van der Waals surface area (Å²) in [6, 6.07) is 20.5. The second-order valence-corrected chi connectivity index (χ2v) is 7.98. The Labute approximate surface area is 160 Å². The van der Waals surface area contributed by atoms with Crippen LogP contribution in [0.15, 0.2) is 60.7 Å².